The van der Waals surface area contributed by atoms with E-state index in [0.29, 0.717) is 59.3 Å². The van der Waals surface area contributed by atoms with Crippen LogP contribution in [0.25, 0.3) is 39.9 Å². The number of allylic oxidation sites excluding steroid dienone is 1. The number of aryl methyl sites for hydroxylation is 1. The molecule has 1 fully saturated rings. The molecule has 12 nitrogen and oxygen atoms in total. The lowest BCUT2D eigenvalue weighted by Gasteiger charge is -2.34. The van der Waals surface area contributed by atoms with Crippen molar-refractivity contribution in [3.8, 4) is 0 Å². The van der Waals surface area contributed by atoms with Crippen molar-refractivity contribution in [1.82, 2.24) is 28.7 Å². The second-order valence-corrected chi connectivity index (χ2v) is 38.6. The zero-order chi connectivity index (χ0) is 92.9. The summed E-state index contributed by atoms with van der Waals surface area (Å²) in [7, 11) is 0. The van der Waals surface area contributed by atoms with Gasteiger partial charge >= 0.3 is 0 Å². The Bertz CT molecular complexity index is 5600. The first-order chi connectivity index (χ1) is 62.6. The predicted molar refractivity (Wildman–Crippen MR) is 568 cm³/mol. The summed E-state index contributed by atoms with van der Waals surface area (Å²) >= 11 is 1.00. The lowest BCUT2D eigenvalue weighted by molar-refractivity contribution is -0.123. The van der Waals surface area contributed by atoms with Crippen LogP contribution in [0.5, 0.6) is 0 Å². The molecule has 2 aromatic heterocycles. The van der Waals surface area contributed by atoms with Gasteiger partial charge in [0.15, 0.2) is 0 Å². The molecule has 0 unspecified atom stereocenters. The van der Waals surface area contributed by atoms with Crippen molar-refractivity contribution in [2.75, 3.05) is 45.8 Å². The number of fused-ring (bicyclic) bond motifs is 9. The van der Waals surface area contributed by atoms with E-state index in [1.54, 1.807) is 11.6 Å². The van der Waals surface area contributed by atoms with E-state index in [9.17, 15) is 9.59 Å². The Morgan fingerprint density at radius 1 is 0.336 bits per heavy atom. The van der Waals surface area contributed by atoms with E-state index in [1.165, 1.54) is 145 Å². The number of hydrogen-bond acceptors (Lipinski definition) is 10. The van der Waals surface area contributed by atoms with Crippen molar-refractivity contribution in [2.45, 2.75) is 265 Å². The second-order valence-electron chi connectivity index (χ2n) is 37.6. The van der Waals surface area contributed by atoms with E-state index in [0.717, 1.165) is 56.5 Å². The third-order valence-corrected chi connectivity index (χ3v) is 25.9. The van der Waals surface area contributed by atoms with Gasteiger partial charge in [0.05, 0.1) is 4.91 Å². The fourth-order valence-corrected chi connectivity index (χ4v) is 18.4. The van der Waals surface area contributed by atoms with Gasteiger partial charge in [-0.25, -0.2) is 0 Å². The van der Waals surface area contributed by atoms with Crippen molar-refractivity contribution in [3.05, 3.63) is 364 Å². The number of carbonyl (C=O) groups excluding carboxylic acids is 2. The Hall–Kier alpha value is -11.4. The molecule has 0 aliphatic carbocycles. The fraction of sp³-hybridized carbons (Fsp3) is 0.373. The van der Waals surface area contributed by atoms with E-state index in [4.69, 9.17) is 0 Å². The Morgan fingerprint density at radius 3 is 1.36 bits per heavy atom. The summed E-state index contributed by atoms with van der Waals surface area (Å²) < 4.78 is 4.53. The van der Waals surface area contributed by atoms with Crippen LogP contribution in [0.2, 0.25) is 0 Å². The lowest BCUT2D eigenvalue weighted by atomic mass is 9.99. The smallest absolute Gasteiger partial charge is 0.293 e. The van der Waals surface area contributed by atoms with Crippen molar-refractivity contribution >= 4 is 85.6 Å². The quantitative estimate of drug-likeness (QED) is 0.117. The minimum Gasteiger partial charge on any atom is -0.371 e. The first-order valence-corrected chi connectivity index (χ1v) is 48.8. The molecule has 0 N–H and O–H groups in total. The SMILES string of the molecule is C.CC(C)N1C(=O)S/C(=C/c2ccccc2)C1=O.CC(C)N1C=CCc2ccccc21.CC(C)N1C=Cc2ccccc2C1.CC(C)N1CC=Cc2ccccc21.CC(C)N1CCCc2ccccc21.CC(C)N1CCc2ccccc21.CC(C)N1CCc2ccccc2C1.CC(C)N1Cc2ccccc2C1.CC(C)n1cc2ccccc2c1.CC(C)n1ccc2ccccc21. The molecular formula is C118H152N10O2S. The van der Waals surface area contributed by atoms with E-state index in [-0.39, 0.29) is 24.6 Å². The van der Waals surface area contributed by atoms with Gasteiger partial charge in [0.2, 0.25) is 0 Å². The maximum atomic E-state index is 12.0. The molecule has 2 amide bonds. The van der Waals surface area contributed by atoms with E-state index >= 15 is 0 Å². The molecule has 0 bridgehead atoms. The predicted octanol–water partition coefficient (Wildman–Crippen LogP) is 29.2. The average Bonchev–Trinajstić information content (AvgIpc) is 1.63. The van der Waals surface area contributed by atoms with Crippen molar-refractivity contribution < 1.29 is 9.59 Å². The van der Waals surface area contributed by atoms with Gasteiger partial charge < -0.3 is 33.6 Å². The van der Waals surface area contributed by atoms with Crippen LogP contribution in [0.3, 0.4) is 0 Å². The average molecular weight is 1770 g/mol. The van der Waals surface area contributed by atoms with Gasteiger partial charge in [0.1, 0.15) is 0 Å². The number of thioether (sulfide) groups is 1. The van der Waals surface area contributed by atoms with Crippen LogP contribution in [0.15, 0.2) is 303 Å². The van der Waals surface area contributed by atoms with Crippen molar-refractivity contribution in [1.29, 1.82) is 0 Å². The number of nitrogens with zero attached hydrogens (tertiary/aromatic N) is 10. The molecule has 0 spiro atoms. The number of hydrogen-bond donors (Lipinski definition) is 0. The van der Waals surface area contributed by atoms with Gasteiger partial charge in [-0.15, -0.1) is 0 Å². The molecule has 8 aliphatic heterocycles. The van der Waals surface area contributed by atoms with Crippen LogP contribution in [0.4, 0.5) is 27.5 Å². The van der Waals surface area contributed by atoms with Crippen molar-refractivity contribution in [3.63, 3.8) is 0 Å². The third kappa shape index (κ3) is 28.6. The van der Waals surface area contributed by atoms with E-state index in [1.807, 2.05) is 44.2 Å². The second kappa shape index (κ2) is 50.3. The highest BCUT2D eigenvalue weighted by Crippen LogP contribution is 2.36. The molecule has 8 aliphatic rings. The molecule has 692 valence electrons. The highest BCUT2D eigenvalue weighted by Gasteiger charge is 2.37. The van der Waals surface area contributed by atoms with Crippen LogP contribution in [-0.2, 0) is 56.7 Å². The summed E-state index contributed by atoms with van der Waals surface area (Å²) in [5, 5.41) is 3.79. The number of amides is 2. The van der Waals surface area contributed by atoms with Crippen LogP contribution in [-0.4, -0.2) is 114 Å². The monoisotopic (exact) mass is 1770 g/mol. The first kappa shape index (κ1) is 102. The van der Waals surface area contributed by atoms with Crippen LogP contribution < -0.4 is 19.6 Å². The minimum atomic E-state index is -0.196. The zero-order valence-electron chi connectivity index (χ0n) is 81.7. The van der Waals surface area contributed by atoms with Gasteiger partial charge in [-0.1, -0.05) is 244 Å². The number of anilines is 4. The molecule has 12 aromatic rings. The molecule has 131 heavy (non-hydrogen) atoms. The van der Waals surface area contributed by atoms with Gasteiger partial charge in [-0.3, -0.25) is 24.3 Å². The van der Waals surface area contributed by atoms with Gasteiger partial charge in [-0.2, -0.15) is 0 Å². The van der Waals surface area contributed by atoms with Crippen LogP contribution in [0.1, 0.15) is 226 Å². The van der Waals surface area contributed by atoms with E-state index < -0.39 is 0 Å². The maximum absolute atomic E-state index is 12.0. The summed E-state index contributed by atoms with van der Waals surface area (Å²) in [4.78, 5) is 42.5. The Kier molecular flexibility index (Phi) is 39.1. The molecule has 20 rings (SSSR count). The number of benzene rings is 10. The Labute approximate surface area is 793 Å². The first-order valence-electron chi connectivity index (χ1n) is 47.9. The number of rotatable bonds is 11. The standard InChI is InChI=1S/C13H13NO2S.C12H17N.2C12H15N.C12H17N.C12H15N.C11H15N.C11H13N.C11H15N.C11H13N.CH4/c1-9(2)14-12(15)11(17-13(14)16)8-10-6-4-3-5-7-10;3*1-10(2)13-9-5-7-11-6-3-4-8-12(11)13;2*1-10(2)13-8-7-11-5-3-4-6-12(11)9-13;2*1-9(2)12-7-10-5-3-4-6-11(10)8-12;2*1-9(2)12-8-7-10-5-3-4-6-11(10)12;/h3-9H,1-2H3;3-4,6,8,10H,5,7,9H2,1-2H3;3-6,8-10H,7H2,1-2H3;3-8,10H,9H2,1-2H3;3-6,10H,7-9H2,1-2H3;3-8,10H,9H2,1-2H3;3-6,9H,7-8H2,1-2H3;3-9H,1-2H3;3-6,9H,7-8H2,1-2H3;3-9H,1-2H3;1H4/b11-8+;;;;;;;;;;. The fourth-order valence-electron chi connectivity index (χ4n) is 17.4. The highest BCUT2D eigenvalue weighted by atomic mass is 32.2. The molecule has 10 aromatic carbocycles. The highest BCUT2D eigenvalue weighted by molar-refractivity contribution is 8.18. The number of aromatic nitrogens is 2. The molecule has 1 saturated heterocycles. The summed E-state index contributed by atoms with van der Waals surface area (Å²) in [6.45, 7) is 53.0. The molecule has 0 atom stereocenters. The van der Waals surface area contributed by atoms with Crippen LogP contribution in [0, 0.1) is 0 Å². The van der Waals surface area contributed by atoms with Crippen LogP contribution >= 0.6 is 11.8 Å². The number of para-hydroxylation sites is 5. The number of carbonyl (C=O) groups is 2. The topological polar surface area (TPSA) is 69.9 Å². The molecule has 10 heterocycles. The normalized spacial score (nSPS) is 15.2. The molecule has 13 heteroatoms. The largest absolute Gasteiger partial charge is 0.371 e. The lowest BCUT2D eigenvalue weighted by Crippen LogP contribution is -2.35. The number of imide groups is 1. The Morgan fingerprint density at radius 2 is 0.809 bits per heavy atom. The molecular weight excluding hydrogens is 1620 g/mol. The third-order valence-electron chi connectivity index (χ3n) is 25.0. The summed E-state index contributed by atoms with van der Waals surface area (Å²) in [5.74, 6) is -0.196. The van der Waals surface area contributed by atoms with Gasteiger partial charge in [0.25, 0.3) is 11.1 Å². The zero-order valence-corrected chi connectivity index (χ0v) is 82.5. The molecule has 0 saturated carbocycles. The van der Waals surface area contributed by atoms with Gasteiger partial charge in [-0.05, 0) is 308 Å². The maximum Gasteiger partial charge on any atom is 0.293 e. The summed E-state index contributed by atoms with van der Waals surface area (Å²) in [6, 6.07) is 94.7. The minimum absolute atomic E-state index is 0. The summed E-state index contributed by atoms with van der Waals surface area (Å²) in [5.41, 5.74) is 22.5. The van der Waals surface area contributed by atoms with E-state index in [2.05, 4.69) is 448 Å². The van der Waals surface area contributed by atoms with Gasteiger partial charge in [0, 0.05) is 172 Å². The van der Waals surface area contributed by atoms with Crippen molar-refractivity contribution in [2.24, 2.45) is 0 Å². The Balaban J connectivity index is 0.000000151. The molecule has 0 radical (unpaired) electrons. The summed E-state index contributed by atoms with van der Waals surface area (Å²) in [6.07, 6.45) is 27.6.